The molecule has 0 amide bonds. The molecular weight excluding hydrogens is 273 g/mol. The summed E-state index contributed by atoms with van der Waals surface area (Å²) in [5.41, 5.74) is 7.38. The lowest BCUT2D eigenvalue weighted by molar-refractivity contribution is 0.209. The number of anilines is 1. The first-order valence-corrected chi connectivity index (χ1v) is 6.24. The van der Waals surface area contributed by atoms with Crippen LogP contribution >= 0.6 is 23.2 Å². The molecule has 1 aromatic heterocycles. The summed E-state index contributed by atoms with van der Waals surface area (Å²) < 4.78 is 1.64. The van der Waals surface area contributed by atoms with E-state index in [1.54, 1.807) is 22.9 Å². The minimum atomic E-state index is -0.919. The van der Waals surface area contributed by atoms with E-state index in [0.29, 0.717) is 33.5 Å². The van der Waals surface area contributed by atoms with Crippen LogP contribution < -0.4 is 5.73 Å². The van der Waals surface area contributed by atoms with E-state index in [1.807, 2.05) is 6.92 Å². The van der Waals surface area contributed by atoms with E-state index in [-0.39, 0.29) is 0 Å². The SMILES string of the molecule is CCn1ncc(Cl)c1C(O)c1ccc(Cl)cc1N. The van der Waals surface area contributed by atoms with E-state index in [9.17, 15) is 5.11 Å². The second kappa shape index (κ2) is 5.18. The highest BCUT2D eigenvalue weighted by molar-refractivity contribution is 6.31. The van der Waals surface area contributed by atoms with Crippen molar-refractivity contribution in [2.75, 3.05) is 5.73 Å². The Kier molecular flexibility index (Phi) is 3.80. The first kappa shape index (κ1) is 13.2. The number of aryl methyl sites for hydroxylation is 1. The number of halogens is 2. The zero-order valence-electron chi connectivity index (χ0n) is 9.77. The van der Waals surface area contributed by atoms with Crippen molar-refractivity contribution < 1.29 is 5.11 Å². The first-order chi connectivity index (χ1) is 8.54. The third-order valence-electron chi connectivity index (χ3n) is 2.74. The molecule has 0 radical (unpaired) electrons. The van der Waals surface area contributed by atoms with E-state index in [1.165, 1.54) is 6.20 Å². The molecule has 18 heavy (non-hydrogen) atoms. The van der Waals surface area contributed by atoms with Crippen molar-refractivity contribution in [1.29, 1.82) is 0 Å². The highest BCUT2D eigenvalue weighted by Crippen LogP contribution is 2.32. The summed E-state index contributed by atoms with van der Waals surface area (Å²) in [4.78, 5) is 0. The lowest BCUT2D eigenvalue weighted by Crippen LogP contribution is -2.11. The standard InChI is InChI=1S/C12H13Cl2N3O/c1-2-17-11(9(14)6-16-17)12(18)8-4-3-7(13)5-10(8)15/h3-6,12,18H,2,15H2,1H3. The van der Waals surface area contributed by atoms with Crippen molar-refractivity contribution in [3.8, 4) is 0 Å². The Labute approximate surface area is 115 Å². The number of nitrogens with zero attached hydrogens (tertiary/aromatic N) is 2. The van der Waals surface area contributed by atoms with Crippen LogP contribution in [0.4, 0.5) is 5.69 Å². The predicted molar refractivity (Wildman–Crippen MR) is 72.8 cm³/mol. The van der Waals surface area contributed by atoms with E-state index in [2.05, 4.69) is 5.10 Å². The number of aliphatic hydroxyl groups is 1. The Morgan fingerprint density at radius 3 is 2.78 bits per heavy atom. The molecular formula is C12H13Cl2N3O. The summed E-state index contributed by atoms with van der Waals surface area (Å²) in [5.74, 6) is 0. The van der Waals surface area contributed by atoms with Gasteiger partial charge in [-0.15, -0.1) is 0 Å². The quantitative estimate of drug-likeness (QED) is 0.853. The molecule has 0 saturated carbocycles. The molecule has 0 fully saturated rings. The number of benzene rings is 1. The van der Waals surface area contributed by atoms with Gasteiger partial charge in [0.15, 0.2) is 0 Å². The zero-order valence-corrected chi connectivity index (χ0v) is 11.3. The van der Waals surface area contributed by atoms with Gasteiger partial charge in [-0.2, -0.15) is 5.10 Å². The van der Waals surface area contributed by atoms with Crippen molar-refractivity contribution in [3.63, 3.8) is 0 Å². The third-order valence-corrected chi connectivity index (χ3v) is 3.26. The van der Waals surface area contributed by atoms with Gasteiger partial charge in [0.05, 0.1) is 16.9 Å². The van der Waals surface area contributed by atoms with Gasteiger partial charge in [-0.1, -0.05) is 29.3 Å². The van der Waals surface area contributed by atoms with Gasteiger partial charge in [0.1, 0.15) is 6.10 Å². The minimum Gasteiger partial charge on any atom is -0.398 e. The van der Waals surface area contributed by atoms with Crippen molar-refractivity contribution in [3.05, 3.63) is 45.7 Å². The molecule has 3 N–H and O–H groups in total. The van der Waals surface area contributed by atoms with Crippen LogP contribution in [0.5, 0.6) is 0 Å². The largest absolute Gasteiger partial charge is 0.398 e. The maximum absolute atomic E-state index is 10.4. The average molecular weight is 286 g/mol. The molecule has 0 aliphatic rings. The molecule has 1 heterocycles. The number of nitrogens with two attached hydrogens (primary N) is 1. The molecule has 2 rings (SSSR count). The Morgan fingerprint density at radius 1 is 1.44 bits per heavy atom. The molecule has 96 valence electrons. The van der Waals surface area contributed by atoms with Gasteiger partial charge in [0.2, 0.25) is 0 Å². The normalized spacial score (nSPS) is 12.7. The van der Waals surface area contributed by atoms with Crippen LogP contribution in [0.3, 0.4) is 0 Å². The van der Waals surface area contributed by atoms with Crippen molar-refractivity contribution in [2.24, 2.45) is 0 Å². The van der Waals surface area contributed by atoms with Crippen molar-refractivity contribution in [2.45, 2.75) is 19.6 Å². The van der Waals surface area contributed by atoms with Crippen LogP contribution in [-0.4, -0.2) is 14.9 Å². The van der Waals surface area contributed by atoms with Crippen molar-refractivity contribution in [1.82, 2.24) is 9.78 Å². The van der Waals surface area contributed by atoms with E-state index in [4.69, 9.17) is 28.9 Å². The summed E-state index contributed by atoms with van der Waals surface area (Å²) in [7, 11) is 0. The third kappa shape index (κ3) is 2.32. The fourth-order valence-electron chi connectivity index (χ4n) is 1.84. The second-order valence-electron chi connectivity index (χ2n) is 3.87. The number of aliphatic hydroxyl groups excluding tert-OH is 1. The van der Waals surface area contributed by atoms with Crippen LogP contribution in [0.25, 0.3) is 0 Å². The Balaban J connectivity index is 2.47. The summed E-state index contributed by atoms with van der Waals surface area (Å²) in [6, 6.07) is 4.96. The molecule has 0 saturated heterocycles. The topological polar surface area (TPSA) is 64.1 Å². The molecule has 1 unspecified atom stereocenters. The highest BCUT2D eigenvalue weighted by atomic mass is 35.5. The summed E-state index contributed by atoms with van der Waals surface area (Å²) in [6.07, 6.45) is 0.590. The highest BCUT2D eigenvalue weighted by Gasteiger charge is 2.21. The van der Waals surface area contributed by atoms with E-state index >= 15 is 0 Å². The van der Waals surface area contributed by atoms with Gasteiger partial charge >= 0.3 is 0 Å². The number of rotatable bonds is 3. The molecule has 6 heteroatoms. The summed E-state index contributed by atoms with van der Waals surface area (Å²) in [5, 5.41) is 15.4. The maximum atomic E-state index is 10.4. The fraction of sp³-hybridized carbons (Fsp3) is 0.250. The molecule has 1 aromatic carbocycles. The fourth-order valence-corrected chi connectivity index (χ4v) is 2.26. The van der Waals surface area contributed by atoms with Crippen LogP contribution in [-0.2, 0) is 6.54 Å². The number of hydrogen-bond acceptors (Lipinski definition) is 3. The first-order valence-electron chi connectivity index (χ1n) is 5.48. The molecule has 0 spiro atoms. The van der Waals surface area contributed by atoms with Crippen LogP contribution in [0.2, 0.25) is 10.0 Å². The summed E-state index contributed by atoms with van der Waals surface area (Å²) >= 11 is 11.9. The number of nitrogen functional groups attached to an aromatic ring is 1. The Bertz CT molecular complexity index is 568. The molecule has 4 nitrogen and oxygen atoms in total. The van der Waals surface area contributed by atoms with Gasteiger partial charge in [-0.3, -0.25) is 4.68 Å². The van der Waals surface area contributed by atoms with Crippen molar-refractivity contribution >= 4 is 28.9 Å². The lowest BCUT2D eigenvalue weighted by Gasteiger charge is -2.15. The van der Waals surface area contributed by atoms with Crippen LogP contribution in [0.1, 0.15) is 24.3 Å². The maximum Gasteiger partial charge on any atom is 0.124 e. The Morgan fingerprint density at radius 2 is 2.17 bits per heavy atom. The minimum absolute atomic E-state index is 0.415. The molecule has 2 aromatic rings. The van der Waals surface area contributed by atoms with Gasteiger partial charge in [0.25, 0.3) is 0 Å². The van der Waals surface area contributed by atoms with Gasteiger partial charge in [-0.25, -0.2) is 0 Å². The average Bonchev–Trinajstić information content (AvgIpc) is 2.69. The number of aromatic nitrogens is 2. The zero-order chi connectivity index (χ0) is 13.3. The Hall–Kier alpha value is -1.23. The van der Waals surface area contributed by atoms with Gasteiger partial charge in [0, 0.05) is 22.8 Å². The molecule has 1 atom stereocenters. The van der Waals surface area contributed by atoms with Gasteiger partial charge < -0.3 is 10.8 Å². The molecule has 0 bridgehead atoms. The second-order valence-corrected chi connectivity index (χ2v) is 4.71. The molecule has 0 aliphatic heterocycles. The van der Waals surface area contributed by atoms with E-state index in [0.717, 1.165) is 0 Å². The van der Waals surface area contributed by atoms with E-state index < -0.39 is 6.10 Å². The summed E-state index contributed by atoms with van der Waals surface area (Å²) in [6.45, 7) is 2.54. The van der Waals surface area contributed by atoms with Crippen LogP contribution in [0, 0.1) is 0 Å². The number of hydrogen-bond donors (Lipinski definition) is 2. The monoisotopic (exact) mass is 285 g/mol. The van der Waals surface area contributed by atoms with Crippen LogP contribution in [0.15, 0.2) is 24.4 Å². The smallest absolute Gasteiger partial charge is 0.124 e. The molecule has 0 aliphatic carbocycles. The lowest BCUT2D eigenvalue weighted by atomic mass is 10.0. The van der Waals surface area contributed by atoms with Gasteiger partial charge in [-0.05, 0) is 19.1 Å². The predicted octanol–water partition coefficient (Wildman–Crippen LogP) is 2.87.